The lowest BCUT2D eigenvalue weighted by molar-refractivity contribution is 0.217. The largest absolute Gasteiger partial charge is 0.297 e. The van der Waals surface area contributed by atoms with Gasteiger partial charge in [0.05, 0.1) is 12.8 Å². The average molecular weight is 245 g/mol. The highest BCUT2D eigenvalue weighted by Gasteiger charge is 2.26. The Bertz CT molecular complexity index is 493. The highest BCUT2D eigenvalue weighted by molar-refractivity contribution is 7.88. The van der Waals surface area contributed by atoms with Gasteiger partial charge in [-0.1, -0.05) is 13.8 Å². The van der Waals surface area contributed by atoms with E-state index in [4.69, 9.17) is 0 Å². The van der Waals surface area contributed by atoms with Crippen LogP contribution < -0.4 is 5.43 Å². The molecule has 0 fully saturated rings. The molecule has 7 nitrogen and oxygen atoms in total. The quantitative estimate of drug-likeness (QED) is 0.769. The SMILES string of the molecule is CC(C)c1nnc2n1CN(S(C)(=O)=O)NC2. The molecule has 2 rings (SSSR count). The highest BCUT2D eigenvalue weighted by Crippen LogP contribution is 2.17. The minimum atomic E-state index is -3.24. The van der Waals surface area contributed by atoms with Crippen molar-refractivity contribution in [2.24, 2.45) is 0 Å². The second kappa shape index (κ2) is 3.79. The molecular formula is C8H15N5O2S. The fourth-order valence-electron chi connectivity index (χ4n) is 1.62. The molecule has 1 N–H and O–H groups in total. The van der Waals surface area contributed by atoms with Crippen molar-refractivity contribution in [3.63, 3.8) is 0 Å². The first-order valence-electron chi connectivity index (χ1n) is 5.03. The van der Waals surface area contributed by atoms with E-state index in [-0.39, 0.29) is 12.6 Å². The van der Waals surface area contributed by atoms with Crippen molar-refractivity contribution in [2.75, 3.05) is 6.26 Å². The standard InChI is InChI=1S/C8H15N5O2S/c1-6(2)8-11-10-7-4-9-13(5-12(7)8)16(3,14)15/h6,9H,4-5H2,1-3H3. The molecule has 1 aliphatic rings. The zero-order valence-corrected chi connectivity index (χ0v) is 10.3. The van der Waals surface area contributed by atoms with Gasteiger partial charge in [0, 0.05) is 5.92 Å². The monoisotopic (exact) mass is 245 g/mol. The van der Waals surface area contributed by atoms with Gasteiger partial charge in [-0.25, -0.2) is 13.8 Å². The number of sulfonamides is 1. The van der Waals surface area contributed by atoms with Crippen LogP contribution >= 0.6 is 0 Å². The van der Waals surface area contributed by atoms with Gasteiger partial charge < -0.3 is 0 Å². The molecule has 90 valence electrons. The van der Waals surface area contributed by atoms with Gasteiger partial charge in [-0.3, -0.25) is 4.57 Å². The predicted molar refractivity (Wildman–Crippen MR) is 57.6 cm³/mol. The molecule has 8 heteroatoms. The van der Waals surface area contributed by atoms with E-state index in [1.165, 1.54) is 10.7 Å². The summed E-state index contributed by atoms with van der Waals surface area (Å²) >= 11 is 0. The van der Waals surface area contributed by atoms with Crippen molar-refractivity contribution in [2.45, 2.75) is 33.0 Å². The van der Waals surface area contributed by atoms with Gasteiger partial charge in [0.1, 0.15) is 18.3 Å². The van der Waals surface area contributed by atoms with Gasteiger partial charge in [-0.15, -0.1) is 14.6 Å². The first kappa shape index (κ1) is 11.5. The third kappa shape index (κ3) is 1.95. The Kier molecular flexibility index (Phi) is 2.72. The predicted octanol–water partition coefficient (Wildman–Crippen LogP) is -0.361. The molecule has 0 spiro atoms. The van der Waals surface area contributed by atoms with Crippen LogP contribution in [0.4, 0.5) is 0 Å². The van der Waals surface area contributed by atoms with Crippen LogP contribution in [0.5, 0.6) is 0 Å². The molecule has 0 saturated carbocycles. The second-order valence-corrected chi connectivity index (χ2v) is 6.05. The first-order chi connectivity index (χ1) is 7.39. The number of hydrogen-bond donors (Lipinski definition) is 1. The molecule has 0 unspecified atom stereocenters. The summed E-state index contributed by atoms with van der Waals surface area (Å²) in [5, 5.41) is 8.09. The summed E-state index contributed by atoms with van der Waals surface area (Å²) in [5.41, 5.74) is 2.79. The molecule has 1 aliphatic heterocycles. The normalized spacial score (nSPS) is 17.8. The zero-order valence-electron chi connectivity index (χ0n) is 9.51. The summed E-state index contributed by atoms with van der Waals surface area (Å²) in [6, 6.07) is 0. The second-order valence-electron chi connectivity index (χ2n) is 4.14. The number of hydrazine groups is 1. The van der Waals surface area contributed by atoms with Crippen LogP contribution in [-0.4, -0.2) is 33.9 Å². The van der Waals surface area contributed by atoms with E-state index in [0.717, 1.165) is 11.6 Å². The summed E-state index contributed by atoms with van der Waals surface area (Å²) in [4.78, 5) is 0. The number of hydrogen-bond acceptors (Lipinski definition) is 5. The minimum absolute atomic E-state index is 0.223. The van der Waals surface area contributed by atoms with Crippen molar-refractivity contribution in [1.29, 1.82) is 0 Å². The Labute approximate surface area is 94.5 Å². The Balaban J connectivity index is 2.35. The minimum Gasteiger partial charge on any atom is -0.297 e. The lowest BCUT2D eigenvalue weighted by Gasteiger charge is -2.27. The summed E-state index contributed by atoms with van der Waals surface area (Å²) in [6.45, 7) is 4.62. The zero-order chi connectivity index (χ0) is 11.9. The number of fused-ring (bicyclic) bond motifs is 1. The Morgan fingerprint density at radius 1 is 1.38 bits per heavy atom. The number of aromatic nitrogens is 3. The van der Waals surface area contributed by atoms with Gasteiger partial charge in [0.25, 0.3) is 0 Å². The van der Waals surface area contributed by atoms with Crippen molar-refractivity contribution in [3.05, 3.63) is 11.6 Å². The Morgan fingerprint density at radius 3 is 2.62 bits per heavy atom. The maximum atomic E-state index is 11.4. The fraction of sp³-hybridized carbons (Fsp3) is 0.750. The highest BCUT2D eigenvalue weighted by atomic mass is 32.2. The van der Waals surface area contributed by atoms with Crippen molar-refractivity contribution in [1.82, 2.24) is 24.6 Å². The van der Waals surface area contributed by atoms with E-state index < -0.39 is 10.0 Å². The lowest BCUT2D eigenvalue weighted by Crippen LogP contribution is -2.47. The van der Waals surface area contributed by atoms with Crippen LogP contribution in [0.15, 0.2) is 0 Å². The Morgan fingerprint density at radius 2 is 2.06 bits per heavy atom. The molecule has 2 heterocycles. The third-order valence-electron chi connectivity index (χ3n) is 2.46. The van der Waals surface area contributed by atoms with E-state index >= 15 is 0 Å². The van der Waals surface area contributed by atoms with Crippen molar-refractivity contribution < 1.29 is 8.42 Å². The molecule has 0 bridgehead atoms. The van der Waals surface area contributed by atoms with E-state index in [1.807, 2.05) is 18.4 Å². The maximum Gasteiger partial charge on any atom is 0.225 e. The van der Waals surface area contributed by atoms with E-state index in [2.05, 4.69) is 15.6 Å². The lowest BCUT2D eigenvalue weighted by atomic mass is 10.2. The average Bonchev–Trinajstić information content (AvgIpc) is 2.58. The van der Waals surface area contributed by atoms with Crippen LogP contribution in [0, 0.1) is 0 Å². The van der Waals surface area contributed by atoms with Gasteiger partial charge >= 0.3 is 0 Å². The molecule has 1 aromatic rings. The molecule has 0 radical (unpaired) electrons. The molecule has 0 aliphatic carbocycles. The Hall–Kier alpha value is -0.990. The molecule has 0 saturated heterocycles. The van der Waals surface area contributed by atoms with Crippen LogP contribution in [0.25, 0.3) is 0 Å². The van der Waals surface area contributed by atoms with Gasteiger partial charge in [-0.2, -0.15) is 0 Å². The number of nitrogens with zero attached hydrogens (tertiary/aromatic N) is 4. The van der Waals surface area contributed by atoms with Gasteiger partial charge in [0.2, 0.25) is 10.0 Å². The molecule has 0 atom stereocenters. The van der Waals surface area contributed by atoms with E-state index in [1.54, 1.807) is 0 Å². The molecule has 1 aromatic heterocycles. The van der Waals surface area contributed by atoms with Gasteiger partial charge in [-0.05, 0) is 0 Å². The van der Waals surface area contributed by atoms with Gasteiger partial charge in [0.15, 0.2) is 0 Å². The first-order valence-corrected chi connectivity index (χ1v) is 6.87. The van der Waals surface area contributed by atoms with Crippen LogP contribution in [0.1, 0.15) is 31.4 Å². The van der Waals surface area contributed by atoms with E-state index in [9.17, 15) is 8.42 Å². The molecular weight excluding hydrogens is 230 g/mol. The molecule has 0 amide bonds. The summed E-state index contributed by atoms with van der Waals surface area (Å²) < 4.78 is 25.9. The summed E-state index contributed by atoms with van der Waals surface area (Å²) in [6.07, 6.45) is 1.17. The smallest absolute Gasteiger partial charge is 0.225 e. The van der Waals surface area contributed by atoms with Crippen LogP contribution in [-0.2, 0) is 23.2 Å². The fourth-order valence-corrected chi connectivity index (χ4v) is 2.24. The van der Waals surface area contributed by atoms with Crippen molar-refractivity contribution >= 4 is 10.0 Å². The number of nitrogens with one attached hydrogen (secondary N) is 1. The number of rotatable bonds is 2. The summed E-state index contributed by atoms with van der Waals surface area (Å²) in [5.74, 6) is 1.80. The molecule has 16 heavy (non-hydrogen) atoms. The van der Waals surface area contributed by atoms with Crippen molar-refractivity contribution in [3.8, 4) is 0 Å². The topological polar surface area (TPSA) is 80.1 Å². The maximum absolute atomic E-state index is 11.4. The van der Waals surface area contributed by atoms with E-state index in [0.29, 0.717) is 6.54 Å². The van der Waals surface area contributed by atoms with Crippen LogP contribution in [0.3, 0.4) is 0 Å². The molecule has 0 aromatic carbocycles. The van der Waals surface area contributed by atoms with Crippen LogP contribution in [0.2, 0.25) is 0 Å². The third-order valence-corrected chi connectivity index (χ3v) is 3.50. The summed E-state index contributed by atoms with van der Waals surface area (Å²) in [7, 11) is -3.24.